The van der Waals surface area contributed by atoms with Crippen molar-refractivity contribution in [3.63, 3.8) is 0 Å². The van der Waals surface area contributed by atoms with Gasteiger partial charge in [-0.05, 0) is 43.2 Å². The van der Waals surface area contributed by atoms with Crippen LogP contribution in [0, 0.1) is 5.82 Å². The lowest BCUT2D eigenvalue weighted by Gasteiger charge is -2.13. The summed E-state index contributed by atoms with van der Waals surface area (Å²) in [7, 11) is 0. The van der Waals surface area contributed by atoms with E-state index in [0.29, 0.717) is 18.5 Å². The predicted molar refractivity (Wildman–Crippen MR) is 90.6 cm³/mol. The van der Waals surface area contributed by atoms with E-state index in [1.807, 2.05) is 0 Å². The molecule has 25 heavy (non-hydrogen) atoms. The van der Waals surface area contributed by atoms with Crippen molar-refractivity contribution >= 4 is 22.7 Å². The van der Waals surface area contributed by atoms with Gasteiger partial charge in [0, 0.05) is 23.6 Å². The fourth-order valence-corrected chi connectivity index (χ4v) is 2.58. The molecule has 1 unspecified atom stereocenters. The third kappa shape index (κ3) is 3.88. The Balaban J connectivity index is 1.50. The summed E-state index contributed by atoms with van der Waals surface area (Å²) in [6.45, 7) is 2.02. The number of nitrogens with one attached hydrogen (secondary N) is 3. The molecule has 2 amide bonds. The van der Waals surface area contributed by atoms with Crippen molar-refractivity contribution in [2.75, 3.05) is 6.54 Å². The number of carbonyl (C=O) groups excluding carboxylic acids is 2. The maximum atomic E-state index is 13.2. The monoisotopic (exact) mass is 343 g/mol. The number of aromatic amines is 1. The second-order valence-corrected chi connectivity index (χ2v) is 5.75. The van der Waals surface area contributed by atoms with Crippen LogP contribution in [-0.2, 0) is 11.2 Å². The Morgan fingerprint density at radius 2 is 2.16 bits per heavy atom. The third-order valence-corrected chi connectivity index (χ3v) is 3.95. The molecule has 1 aromatic carbocycles. The average molecular weight is 343 g/mol. The first-order valence-electron chi connectivity index (χ1n) is 7.91. The predicted octanol–water partition coefficient (Wildman–Crippen LogP) is 2.38. The zero-order valence-electron chi connectivity index (χ0n) is 13.6. The van der Waals surface area contributed by atoms with Crippen LogP contribution in [-0.4, -0.2) is 29.4 Å². The van der Waals surface area contributed by atoms with Crippen LogP contribution in [0.2, 0.25) is 0 Å². The smallest absolute Gasteiger partial charge is 0.255 e. The molecule has 130 valence electrons. The van der Waals surface area contributed by atoms with E-state index in [1.165, 1.54) is 30.7 Å². The molecule has 0 spiro atoms. The van der Waals surface area contributed by atoms with E-state index in [1.54, 1.807) is 19.2 Å². The molecule has 7 heteroatoms. The number of fused-ring (bicyclic) bond motifs is 1. The number of H-pyrrole nitrogens is 1. The van der Waals surface area contributed by atoms with Crippen LogP contribution in [0.4, 0.5) is 4.39 Å². The summed E-state index contributed by atoms with van der Waals surface area (Å²) in [5, 5.41) is 6.31. The lowest BCUT2D eigenvalue weighted by atomic mass is 10.1. The maximum absolute atomic E-state index is 13.2. The van der Waals surface area contributed by atoms with E-state index in [4.69, 9.17) is 4.42 Å². The Morgan fingerprint density at radius 3 is 2.92 bits per heavy atom. The molecular weight excluding hydrogens is 325 g/mol. The number of halogens is 1. The molecule has 0 fully saturated rings. The minimum absolute atomic E-state index is 0.275. The molecule has 3 N–H and O–H groups in total. The second-order valence-electron chi connectivity index (χ2n) is 5.75. The normalized spacial score (nSPS) is 12.1. The Labute approximate surface area is 143 Å². The zero-order chi connectivity index (χ0) is 17.8. The van der Waals surface area contributed by atoms with Crippen molar-refractivity contribution in [2.24, 2.45) is 0 Å². The van der Waals surface area contributed by atoms with Gasteiger partial charge in [-0.2, -0.15) is 0 Å². The molecule has 0 saturated heterocycles. The molecule has 0 aliphatic heterocycles. The van der Waals surface area contributed by atoms with E-state index >= 15 is 0 Å². The van der Waals surface area contributed by atoms with Crippen molar-refractivity contribution in [3.05, 3.63) is 59.9 Å². The molecule has 3 rings (SSSR count). The Kier molecular flexibility index (Phi) is 4.83. The molecule has 2 heterocycles. The van der Waals surface area contributed by atoms with Gasteiger partial charge < -0.3 is 20.0 Å². The van der Waals surface area contributed by atoms with Crippen molar-refractivity contribution < 1.29 is 18.4 Å². The number of rotatable bonds is 6. The molecule has 0 aliphatic carbocycles. The van der Waals surface area contributed by atoms with Crippen LogP contribution >= 0.6 is 0 Å². The summed E-state index contributed by atoms with van der Waals surface area (Å²) < 4.78 is 18.0. The minimum atomic E-state index is -0.667. The second kappa shape index (κ2) is 7.21. The lowest BCUT2D eigenvalue weighted by molar-refractivity contribution is -0.122. The highest BCUT2D eigenvalue weighted by Gasteiger charge is 2.17. The third-order valence-electron chi connectivity index (χ3n) is 3.95. The van der Waals surface area contributed by atoms with Crippen LogP contribution in [0.25, 0.3) is 10.9 Å². The maximum Gasteiger partial charge on any atom is 0.255 e. The van der Waals surface area contributed by atoms with E-state index in [9.17, 15) is 14.0 Å². The number of carbonyl (C=O) groups is 2. The molecule has 2 aromatic heterocycles. The fourth-order valence-electron chi connectivity index (χ4n) is 2.58. The number of hydrogen-bond donors (Lipinski definition) is 3. The van der Waals surface area contributed by atoms with Crippen molar-refractivity contribution in [1.29, 1.82) is 0 Å². The SMILES string of the molecule is CC(NC(=O)c1ccoc1)C(=O)NCCc1c[nH]c2cc(F)ccc12. The van der Waals surface area contributed by atoms with Gasteiger partial charge in [0.1, 0.15) is 18.1 Å². The topological polar surface area (TPSA) is 87.1 Å². The zero-order valence-corrected chi connectivity index (χ0v) is 13.6. The lowest BCUT2D eigenvalue weighted by Crippen LogP contribution is -2.45. The molecule has 0 radical (unpaired) electrons. The van der Waals surface area contributed by atoms with Crippen LogP contribution in [0.1, 0.15) is 22.8 Å². The minimum Gasteiger partial charge on any atom is -0.472 e. The highest BCUT2D eigenvalue weighted by atomic mass is 19.1. The standard InChI is InChI=1S/C18H18FN3O3/c1-11(22-18(24)13-5-7-25-10-13)17(23)20-6-4-12-9-21-16-8-14(19)2-3-15(12)16/h2-3,5,7-11,21H,4,6H2,1H3,(H,20,23)(H,22,24). The average Bonchev–Trinajstić information content (AvgIpc) is 3.24. The number of amides is 2. The summed E-state index contributed by atoms with van der Waals surface area (Å²) in [5.41, 5.74) is 2.08. The first-order chi connectivity index (χ1) is 12.0. The highest BCUT2D eigenvalue weighted by Crippen LogP contribution is 2.19. The van der Waals surface area contributed by atoms with Gasteiger partial charge in [0.25, 0.3) is 5.91 Å². The van der Waals surface area contributed by atoms with Gasteiger partial charge in [-0.15, -0.1) is 0 Å². The van der Waals surface area contributed by atoms with Gasteiger partial charge in [-0.25, -0.2) is 4.39 Å². The quantitative estimate of drug-likeness (QED) is 0.642. The Bertz CT molecular complexity index is 886. The van der Waals surface area contributed by atoms with E-state index < -0.39 is 6.04 Å². The largest absolute Gasteiger partial charge is 0.472 e. The highest BCUT2D eigenvalue weighted by molar-refractivity contribution is 5.97. The summed E-state index contributed by atoms with van der Waals surface area (Å²) in [4.78, 5) is 27.0. The summed E-state index contributed by atoms with van der Waals surface area (Å²) in [5.74, 6) is -0.936. The molecule has 3 aromatic rings. The van der Waals surface area contributed by atoms with Gasteiger partial charge in [0.15, 0.2) is 0 Å². The molecule has 0 bridgehead atoms. The van der Waals surface area contributed by atoms with Crippen molar-refractivity contribution in [2.45, 2.75) is 19.4 Å². The van der Waals surface area contributed by atoms with Gasteiger partial charge in [0.2, 0.25) is 5.91 Å². The molecule has 6 nitrogen and oxygen atoms in total. The van der Waals surface area contributed by atoms with Crippen LogP contribution < -0.4 is 10.6 Å². The Hall–Kier alpha value is -3.09. The number of furan rings is 1. The Morgan fingerprint density at radius 1 is 1.32 bits per heavy atom. The number of benzene rings is 1. The summed E-state index contributed by atoms with van der Waals surface area (Å²) in [6.07, 6.45) is 5.12. The molecule has 0 saturated carbocycles. The van der Waals surface area contributed by atoms with Crippen LogP contribution in [0.5, 0.6) is 0 Å². The first kappa shape index (κ1) is 16.8. The van der Waals surface area contributed by atoms with E-state index in [2.05, 4.69) is 15.6 Å². The first-order valence-corrected chi connectivity index (χ1v) is 7.91. The van der Waals surface area contributed by atoms with Crippen molar-refractivity contribution in [1.82, 2.24) is 15.6 Å². The fraction of sp³-hybridized carbons (Fsp3) is 0.222. The van der Waals surface area contributed by atoms with Crippen LogP contribution in [0.15, 0.2) is 47.4 Å². The molecule has 0 aliphatic rings. The molecular formula is C18H18FN3O3. The summed E-state index contributed by atoms with van der Waals surface area (Å²) in [6, 6.07) is 5.42. The van der Waals surface area contributed by atoms with Gasteiger partial charge in [0.05, 0.1) is 11.8 Å². The van der Waals surface area contributed by atoms with Crippen molar-refractivity contribution in [3.8, 4) is 0 Å². The number of aromatic nitrogens is 1. The summed E-state index contributed by atoms with van der Waals surface area (Å²) >= 11 is 0. The molecule has 1 atom stereocenters. The van der Waals surface area contributed by atoms with Gasteiger partial charge >= 0.3 is 0 Å². The van der Waals surface area contributed by atoms with E-state index in [0.717, 1.165) is 16.5 Å². The van der Waals surface area contributed by atoms with Gasteiger partial charge in [-0.3, -0.25) is 9.59 Å². The van der Waals surface area contributed by atoms with E-state index in [-0.39, 0.29) is 17.6 Å². The van der Waals surface area contributed by atoms with Gasteiger partial charge in [-0.1, -0.05) is 0 Å². The number of hydrogen-bond acceptors (Lipinski definition) is 3. The van der Waals surface area contributed by atoms with Crippen LogP contribution in [0.3, 0.4) is 0 Å².